The van der Waals surface area contributed by atoms with Crippen molar-refractivity contribution < 1.29 is 4.79 Å². The summed E-state index contributed by atoms with van der Waals surface area (Å²) in [7, 11) is 0. The average Bonchev–Trinajstić information content (AvgIpc) is 2.76. The molecule has 0 saturated carbocycles. The van der Waals surface area contributed by atoms with E-state index in [4.69, 9.17) is 23.2 Å². The lowest BCUT2D eigenvalue weighted by Gasteiger charge is -2.29. The Bertz CT molecular complexity index is 668. The van der Waals surface area contributed by atoms with E-state index in [2.05, 4.69) is 4.98 Å². The van der Waals surface area contributed by atoms with E-state index >= 15 is 0 Å². The SMILES string of the molecule is Cc1ccnc2c1C(C=O)CC(c1cc(Cl)sc1Cl)C2. The first-order valence-electron chi connectivity index (χ1n) is 6.44. The molecule has 0 aliphatic heterocycles. The second-order valence-electron chi connectivity index (χ2n) is 5.15. The summed E-state index contributed by atoms with van der Waals surface area (Å²) in [5, 5.41) is 0. The van der Waals surface area contributed by atoms with Crippen molar-refractivity contribution in [2.75, 3.05) is 0 Å². The molecule has 2 aromatic rings. The Hall–Kier alpha value is -0.900. The van der Waals surface area contributed by atoms with E-state index in [1.54, 1.807) is 6.20 Å². The third kappa shape index (κ3) is 2.39. The van der Waals surface area contributed by atoms with Crippen LogP contribution in [0.25, 0.3) is 0 Å². The average molecular weight is 326 g/mol. The third-order valence-corrected chi connectivity index (χ3v) is 5.44. The Labute approximate surface area is 131 Å². The highest BCUT2D eigenvalue weighted by molar-refractivity contribution is 7.20. The number of aldehydes is 1. The molecular weight excluding hydrogens is 313 g/mol. The highest BCUT2D eigenvalue weighted by Gasteiger charge is 2.31. The van der Waals surface area contributed by atoms with Gasteiger partial charge in [-0.15, -0.1) is 11.3 Å². The Morgan fingerprint density at radius 3 is 2.90 bits per heavy atom. The number of fused-ring (bicyclic) bond motifs is 1. The standard InChI is InChI=1S/C15H13Cl2NOS/c1-8-2-3-18-12-5-9(4-10(7-19)14(8)12)11-6-13(16)20-15(11)17/h2-3,6-7,9-10H,4-5H2,1H3. The number of hydrogen-bond acceptors (Lipinski definition) is 3. The maximum absolute atomic E-state index is 11.5. The maximum atomic E-state index is 11.5. The summed E-state index contributed by atoms with van der Waals surface area (Å²) in [5.74, 6) is 0.107. The molecule has 0 fully saturated rings. The smallest absolute Gasteiger partial charge is 0.127 e. The second kappa shape index (κ2) is 5.47. The van der Waals surface area contributed by atoms with Gasteiger partial charge in [0, 0.05) is 17.8 Å². The van der Waals surface area contributed by atoms with Crippen LogP contribution < -0.4 is 0 Å². The van der Waals surface area contributed by atoms with E-state index in [1.165, 1.54) is 11.3 Å². The van der Waals surface area contributed by atoms with Gasteiger partial charge in [0.05, 0.1) is 8.67 Å². The van der Waals surface area contributed by atoms with Crippen molar-refractivity contribution in [1.29, 1.82) is 0 Å². The monoisotopic (exact) mass is 325 g/mol. The molecule has 0 bridgehead atoms. The summed E-state index contributed by atoms with van der Waals surface area (Å²) in [6, 6.07) is 3.88. The predicted octanol–water partition coefficient (Wildman–Crippen LogP) is 4.77. The van der Waals surface area contributed by atoms with Crippen LogP contribution in [0.15, 0.2) is 18.3 Å². The number of hydrogen-bond donors (Lipinski definition) is 0. The molecule has 104 valence electrons. The molecule has 0 N–H and O–H groups in total. The van der Waals surface area contributed by atoms with Crippen LogP contribution in [0.3, 0.4) is 0 Å². The number of pyridine rings is 1. The molecule has 2 nitrogen and oxygen atoms in total. The Kier molecular flexibility index (Phi) is 3.85. The van der Waals surface area contributed by atoms with Gasteiger partial charge in [-0.05, 0) is 54.5 Å². The summed E-state index contributed by atoms with van der Waals surface area (Å²) >= 11 is 13.7. The minimum atomic E-state index is -0.104. The summed E-state index contributed by atoms with van der Waals surface area (Å²) in [6.45, 7) is 2.03. The van der Waals surface area contributed by atoms with Gasteiger partial charge < -0.3 is 4.79 Å². The van der Waals surface area contributed by atoms with Gasteiger partial charge in [0.15, 0.2) is 0 Å². The van der Waals surface area contributed by atoms with E-state index < -0.39 is 0 Å². The number of carbonyl (C=O) groups is 1. The van der Waals surface area contributed by atoms with Crippen LogP contribution >= 0.6 is 34.5 Å². The number of aromatic nitrogens is 1. The first kappa shape index (κ1) is 14.1. The molecule has 2 aromatic heterocycles. The molecule has 2 heterocycles. The molecule has 5 heteroatoms. The zero-order valence-corrected chi connectivity index (χ0v) is 13.2. The number of rotatable bonds is 2. The van der Waals surface area contributed by atoms with Gasteiger partial charge in [-0.3, -0.25) is 4.98 Å². The van der Waals surface area contributed by atoms with Crippen LogP contribution in [-0.2, 0) is 11.2 Å². The van der Waals surface area contributed by atoms with Crippen molar-refractivity contribution in [1.82, 2.24) is 4.98 Å². The molecule has 2 atom stereocenters. The molecular formula is C15H13Cl2NOS. The summed E-state index contributed by atoms with van der Waals surface area (Å²) < 4.78 is 1.41. The van der Waals surface area contributed by atoms with E-state index in [9.17, 15) is 4.79 Å². The van der Waals surface area contributed by atoms with Gasteiger partial charge in [-0.1, -0.05) is 23.2 Å². The van der Waals surface area contributed by atoms with Crippen LogP contribution in [0.5, 0.6) is 0 Å². The van der Waals surface area contributed by atoms with E-state index in [0.717, 1.165) is 45.8 Å². The highest BCUT2D eigenvalue weighted by Crippen LogP contribution is 2.44. The molecule has 2 unspecified atom stereocenters. The van der Waals surface area contributed by atoms with Gasteiger partial charge in [0.1, 0.15) is 6.29 Å². The van der Waals surface area contributed by atoms with E-state index in [-0.39, 0.29) is 11.8 Å². The van der Waals surface area contributed by atoms with E-state index in [0.29, 0.717) is 4.34 Å². The van der Waals surface area contributed by atoms with Crippen LogP contribution in [0.2, 0.25) is 8.67 Å². The summed E-state index contributed by atoms with van der Waals surface area (Å²) in [6.07, 6.45) is 4.42. The Balaban J connectivity index is 2.03. The van der Waals surface area contributed by atoms with Crippen molar-refractivity contribution in [2.24, 2.45) is 0 Å². The fourth-order valence-corrected chi connectivity index (χ4v) is 4.65. The molecule has 0 amide bonds. The maximum Gasteiger partial charge on any atom is 0.127 e. The van der Waals surface area contributed by atoms with Crippen LogP contribution in [0.1, 0.15) is 40.6 Å². The van der Waals surface area contributed by atoms with Gasteiger partial charge >= 0.3 is 0 Å². The highest BCUT2D eigenvalue weighted by atomic mass is 35.5. The first-order chi connectivity index (χ1) is 9.60. The summed E-state index contributed by atoms with van der Waals surface area (Å²) in [4.78, 5) is 15.9. The molecule has 0 aromatic carbocycles. The first-order valence-corrected chi connectivity index (χ1v) is 8.01. The molecule has 1 aliphatic rings. The molecule has 0 radical (unpaired) electrons. The molecule has 20 heavy (non-hydrogen) atoms. The van der Waals surface area contributed by atoms with Gasteiger partial charge in [-0.25, -0.2) is 0 Å². The van der Waals surface area contributed by atoms with Crippen LogP contribution in [-0.4, -0.2) is 11.3 Å². The predicted molar refractivity (Wildman–Crippen MR) is 83.2 cm³/mol. The largest absolute Gasteiger partial charge is 0.303 e. The van der Waals surface area contributed by atoms with Crippen molar-refractivity contribution in [3.05, 3.63) is 49.4 Å². The molecule has 3 rings (SSSR count). The van der Waals surface area contributed by atoms with Gasteiger partial charge in [0.2, 0.25) is 0 Å². The zero-order valence-electron chi connectivity index (χ0n) is 10.9. The third-order valence-electron chi connectivity index (χ3n) is 3.93. The number of aryl methyl sites for hydroxylation is 1. The van der Waals surface area contributed by atoms with Crippen LogP contribution in [0, 0.1) is 6.92 Å². The second-order valence-corrected chi connectivity index (χ2v) is 7.43. The van der Waals surface area contributed by atoms with Crippen molar-refractivity contribution in [3.63, 3.8) is 0 Å². The lowest BCUT2D eigenvalue weighted by molar-refractivity contribution is -0.109. The van der Waals surface area contributed by atoms with Gasteiger partial charge in [0.25, 0.3) is 0 Å². The quantitative estimate of drug-likeness (QED) is 0.744. The molecule has 0 spiro atoms. The number of halogens is 2. The van der Waals surface area contributed by atoms with Gasteiger partial charge in [-0.2, -0.15) is 0 Å². The minimum absolute atomic E-state index is 0.104. The van der Waals surface area contributed by atoms with Crippen molar-refractivity contribution in [2.45, 2.75) is 31.6 Å². The normalized spacial score (nSPS) is 21.6. The number of thiophene rings is 1. The molecule has 1 aliphatic carbocycles. The van der Waals surface area contributed by atoms with E-state index in [1.807, 2.05) is 19.1 Å². The van der Waals surface area contributed by atoms with Crippen molar-refractivity contribution >= 4 is 40.8 Å². The fraction of sp³-hybridized carbons (Fsp3) is 0.333. The lowest BCUT2D eigenvalue weighted by atomic mass is 9.76. The number of nitrogens with zero attached hydrogens (tertiary/aromatic N) is 1. The topological polar surface area (TPSA) is 30.0 Å². The Morgan fingerprint density at radius 2 is 2.25 bits per heavy atom. The summed E-state index contributed by atoms with van der Waals surface area (Å²) in [5.41, 5.74) is 4.29. The number of carbonyl (C=O) groups excluding carboxylic acids is 1. The minimum Gasteiger partial charge on any atom is -0.303 e. The molecule has 0 saturated heterocycles. The van der Waals surface area contributed by atoms with Crippen molar-refractivity contribution in [3.8, 4) is 0 Å². The zero-order chi connectivity index (χ0) is 14.3. The van der Waals surface area contributed by atoms with Crippen LogP contribution in [0.4, 0.5) is 0 Å². The Morgan fingerprint density at radius 1 is 1.45 bits per heavy atom. The fourth-order valence-electron chi connectivity index (χ4n) is 3.03. The lowest BCUT2D eigenvalue weighted by Crippen LogP contribution is -2.20.